The third-order valence-electron chi connectivity index (χ3n) is 3.07. The van der Waals surface area contributed by atoms with E-state index in [1.807, 2.05) is 18.5 Å². The van der Waals surface area contributed by atoms with E-state index in [4.69, 9.17) is 0 Å². The lowest BCUT2D eigenvalue weighted by molar-refractivity contribution is 0.618. The Morgan fingerprint density at radius 1 is 1.00 bits per heavy atom. The van der Waals surface area contributed by atoms with E-state index in [2.05, 4.69) is 40.2 Å². The second kappa shape index (κ2) is 3.97. The molecule has 2 heterocycles. The van der Waals surface area contributed by atoms with Crippen molar-refractivity contribution in [2.75, 3.05) is 18.0 Å². The molecule has 0 N–H and O–H groups in total. The zero-order chi connectivity index (χ0) is 10.8. The van der Waals surface area contributed by atoms with Crippen LogP contribution in [-0.2, 0) is 0 Å². The molecule has 0 saturated carbocycles. The van der Waals surface area contributed by atoms with Gasteiger partial charge in [-0.2, -0.15) is 0 Å². The molecule has 1 aromatic heterocycles. The third kappa shape index (κ3) is 1.56. The Morgan fingerprint density at radius 3 is 2.56 bits per heavy atom. The summed E-state index contributed by atoms with van der Waals surface area (Å²) in [5, 5.41) is 0. The van der Waals surface area contributed by atoms with Crippen molar-refractivity contribution in [3.8, 4) is 11.1 Å². The van der Waals surface area contributed by atoms with Crippen LogP contribution in [0.25, 0.3) is 11.1 Å². The summed E-state index contributed by atoms with van der Waals surface area (Å²) in [6.45, 7) is 2.36. The van der Waals surface area contributed by atoms with Crippen molar-refractivity contribution in [2.45, 2.75) is 6.42 Å². The van der Waals surface area contributed by atoms with E-state index in [9.17, 15) is 0 Å². The molecule has 1 aromatic carbocycles. The zero-order valence-corrected chi connectivity index (χ0v) is 9.13. The Labute approximate surface area is 95.6 Å². The lowest BCUT2D eigenvalue weighted by Crippen LogP contribution is -2.37. The smallest absolute Gasteiger partial charge is 0.0446 e. The van der Waals surface area contributed by atoms with E-state index in [0.717, 1.165) is 0 Å². The summed E-state index contributed by atoms with van der Waals surface area (Å²) < 4.78 is 0. The molecule has 80 valence electrons. The predicted molar refractivity (Wildman–Crippen MR) is 66.5 cm³/mol. The van der Waals surface area contributed by atoms with Crippen molar-refractivity contribution in [1.29, 1.82) is 0 Å². The van der Waals surface area contributed by atoms with Crippen LogP contribution in [-0.4, -0.2) is 18.1 Å². The van der Waals surface area contributed by atoms with Crippen molar-refractivity contribution >= 4 is 5.69 Å². The van der Waals surface area contributed by atoms with Crippen LogP contribution in [0.3, 0.4) is 0 Å². The second-order valence-electron chi connectivity index (χ2n) is 4.10. The number of rotatable bonds is 2. The fourth-order valence-corrected chi connectivity index (χ4v) is 2.07. The van der Waals surface area contributed by atoms with Crippen LogP contribution >= 0.6 is 0 Å². The van der Waals surface area contributed by atoms with Gasteiger partial charge >= 0.3 is 0 Å². The van der Waals surface area contributed by atoms with Crippen LogP contribution in [0.15, 0.2) is 48.8 Å². The first-order valence-corrected chi connectivity index (χ1v) is 5.69. The molecule has 1 fully saturated rings. The molecule has 2 aromatic rings. The maximum Gasteiger partial charge on any atom is 0.0446 e. The predicted octanol–water partition coefficient (Wildman–Crippen LogP) is 2.96. The van der Waals surface area contributed by atoms with Crippen LogP contribution in [0.1, 0.15) is 6.42 Å². The molecule has 3 rings (SSSR count). The molecule has 1 aliphatic heterocycles. The first-order valence-electron chi connectivity index (χ1n) is 5.69. The third-order valence-corrected chi connectivity index (χ3v) is 3.07. The van der Waals surface area contributed by atoms with Gasteiger partial charge in [0, 0.05) is 42.3 Å². The van der Waals surface area contributed by atoms with Crippen molar-refractivity contribution in [1.82, 2.24) is 4.98 Å². The SMILES string of the molecule is c1cncc(-c2ccccc2N2CCC2)c1. The Hall–Kier alpha value is -1.83. The largest absolute Gasteiger partial charge is 0.371 e. The van der Waals surface area contributed by atoms with Gasteiger partial charge in [0.25, 0.3) is 0 Å². The number of hydrogen-bond donors (Lipinski definition) is 0. The van der Waals surface area contributed by atoms with E-state index in [1.54, 1.807) is 0 Å². The minimum absolute atomic E-state index is 1.18. The van der Waals surface area contributed by atoms with Gasteiger partial charge in [0.1, 0.15) is 0 Å². The molecule has 0 unspecified atom stereocenters. The quantitative estimate of drug-likeness (QED) is 0.757. The van der Waals surface area contributed by atoms with Crippen molar-refractivity contribution in [3.63, 3.8) is 0 Å². The molecule has 0 radical (unpaired) electrons. The summed E-state index contributed by atoms with van der Waals surface area (Å²) in [7, 11) is 0. The molecule has 2 heteroatoms. The van der Waals surface area contributed by atoms with Crippen LogP contribution in [0.2, 0.25) is 0 Å². The monoisotopic (exact) mass is 210 g/mol. The highest BCUT2D eigenvalue weighted by Gasteiger charge is 2.17. The minimum Gasteiger partial charge on any atom is -0.371 e. The van der Waals surface area contributed by atoms with E-state index in [0.29, 0.717) is 0 Å². The second-order valence-corrected chi connectivity index (χ2v) is 4.10. The highest BCUT2D eigenvalue weighted by atomic mass is 15.2. The Kier molecular flexibility index (Phi) is 2.33. The fourth-order valence-electron chi connectivity index (χ4n) is 2.07. The van der Waals surface area contributed by atoms with E-state index in [-0.39, 0.29) is 0 Å². The topological polar surface area (TPSA) is 16.1 Å². The van der Waals surface area contributed by atoms with Gasteiger partial charge < -0.3 is 4.90 Å². The molecule has 16 heavy (non-hydrogen) atoms. The first kappa shape index (κ1) is 9.40. The van der Waals surface area contributed by atoms with Crippen molar-refractivity contribution < 1.29 is 0 Å². The molecule has 1 aliphatic rings. The van der Waals surface area contributed by atoms with Crippen LogP contribution in [0.4, 0.5) is 5.69 Å². The van der Waals surface area contributed by atoms with Crippen LogP contribution in [0, 0.1) is 0 Å². The fraction of sp³-hybridized carbons (Fsp3) is 0.214. The van der Waals surface area contributed by atoms with Gasteiger partial charge in [-0.3, -0.25) is 4.98 Å². The molecule has 0 spiro atoms. The molecular formula is C14H14N2. The summed E-state index contributed by atoms with van der Waals surface area (Å²) in [4.78, 5) is 6.61. The molecule has 0 amide bonds. The molecule has 2 nitrogen and oxygen atoms in total. The van der Waals surface area contributed by atoms with E-state index >= 15 is 0 Å². The number of benzene rings is 1. The number of anilines is 1. The van der Waals surface area contributed by atoms with Gasteiger partial charge in [-0.15, -0.1) is 0 Å². The lowest BCUT2D eigenvalue weighted by Gasteiger charge is -2.34. The van der Waals surface area contributed by atoms with E-state index < -0.39 is 0 Å². The zero-order valence-electron chi connectivity index (χ0n) is 9.13. The molecule has 0 atom stereocenters. The number of aromatic nitrogens is 1. The number of para-hydroxylation sites is 1. The van der Waals surface area contributed by atoms with Gasteiger partial charge in [0.05, 0.1) is 0 Å². The highest BCUT2D eigenvalue weighted by Crippen LogP contribution is 2.32. The summed E-state index contributed by atoms with van der Waals surface area (Å²) >= 11 is 0. The van der Waals surface area contributed by atoms with Gasteiger partial charge in [0.2, 0.25) is 0 Å². The average Bonchev–Trinajstić information content (AvgIpc) is 2.29. The molecule has 1 saturated heterocycles. The van der Waals surface area contributed by atoms with Gasteiger partial charge in [-0.05, 0) is 18.6 Å². The molecule has 0 aliphatic carbocycles. The van der Waals surface area contributed by atoms with Gasteiger partial charge in [-0.25, -0.2) is 0 Å². The van der Waals surface area contributed by atoms with Crippen molar-refractivity contribution in [3.05, 3.63) is 48.8 Å². The van der Waals surface area contributed by atoms with Crippen LogP contribution in [0.5, 0.6) is 0 Å². The highest BCUT2D eigenvalue weighted by molar-refractivity contribution is 5.78. The normalized spacial score (nSPS) is 14.6. The summed E-state index contributed by atoms with van der Waals surface area (Å²) in [5.74, 6) is 0. The average molecular weight is 210 g/mol. The first-order chi connectivity index (χ1) is 7.95. The molecule has 0 bridgehead atoms. The van der Waals surface area contributed by atoms with Crippen molar-refractivity contribution in [2.24, 2.45) is 0 Å². The standard InChI is InChI=1S/C14H14N2/c1-2-7-14(16-9-4-10-16)13(6-1)12-5-3-8-15-11-12/h1-3,5-8,11H,4,9-10H2. The van der Waals surface area contributed by atoms with Gasteiger partial charge in [-0.1, -0.05) is 24.3 Å². The summed E-state index contributed by atoms with van der Waals surface area (Å²) in [6, 6.07) is 12.7. The van der Waals surface area contributed by atoms with Gasteiger partial charge in [0.15, 0.2) is 0 Å². The minimum atomic E-state index is 1.18. The summed E-state index contributed by atoms with van der Waals surface area (Å²) in [6.07, 6.45) is 5.05. The number of nitrogens with zero attached hydrogens (tertiary/aromatic N) is 2. The Bertz CT molecular complexity index is 475. The maximum absolute atomic E-state index is 4.19. The molecular weight excluding hydrogens is 196 g/mol. The van der Waals surface area contributed by atoms with E-state index in [1.165, 1.54) is 36.3 Å². The maximum atomic E-state index is 4.19. The Balaban J connectivity index is 2.06. The number of pyridine rings is 1. The Morgan fingerprint density at radius 2 is 1.88 bits per heavy atom. The summed E-state index contributed by atoms with van der Waals surface area (Å²) in [5.41, 5.74) is 3.82. The van der Waals surface area contributed by atoms with Crippen LogP contribution < -0.4 is 4.90 Å². The number of hydrogen-bond acceptors (Lipinski definition) is 2. The lowest BCUT2D eigenvalue weighted by atomic mass is 10.0.